The molecule has 0 unspecified atom stereocenters. The summed E-state index contributed by atoms with van der Waals surface area (Å²) in [4.78, 5) is 0. The van der Waals surface area contributed by atoms with Gasteiger partial charge in [-0.05, 0) is 30.5 Å². The summed E-state index contributed by atoms with van der Waals surface area (Å²) < 4.78 is 11.6. The number of ether oxygens (including phenoxy) is 2. The van der Waals surface area contributed by atoms with E-state index in [0.717, 1.165) is 12.0 Å². The number of phenols is 3. The third-order valence-corrected chi connectivity index (χ3v) is 6.05. The van der Waals surface area contributed by atoms with Crippen LogP contribution in [0.1, 0.15) is 41.2 Å². The highest BCUT2D eigenvalue weighted by molar-refractivity contribution is 5.74. The number of phenolic OH excluding ortho intramolecular Hbond substituents is 2. The molecule has 7 heteroatoms. The Labute approximate surface area is 174 Å². The second kappa shape index (κ2) is 8.18. The van der Waals surface area contributed by atoms with Crippen molar-refractivity contribution in [2.75, 3.05) is 7.11 Å². The Morgan fingerprint density at radius 2 is 1.83 bits per heavy atom. The molecule has 0 spiro atoms. The number of aliphatic hydroxyl groups excluding tert-OH is 2. The van der Waals surface area contributed by atoms with Crippen LogP contribution in [0.5, 0.6) is 23.0 Å². The van der Waals surface area contributed by atoms with Gasteiger partial charge in [-0.25, -0.2) is 0 Å². The maximum Gasteiger partial charge on any atom is 0.201 e. The van der Waals surface area contributed by atoms with E-state index in [4.69, 9.17) is 9.47 Å². The molecule has 7 nitrogen and oxygen atoms in total. The van der Waals surface area contributed by atoms with Crippen molar-refractivity contribution < 1.29 is 35.0 Å². The zero-order chi connectivity index (χ0) is 21.4. The van der Waals surface area contributed by atoms with Crippen LogP contribution in [0.4, 0.5) is 0 Å². The number of methoxy groups -OCH3 is 1. The molecule has 160 valence electrons. The minimum Gasteiger partial charge on any atom is -0.508 e. The lowest BCUT2D eigenvalue weighted by atomic mass is 9.77. The van der Waals surface area contributed by atoms with Gasteiger partial charge < -0.3 is 35.0 Å². The molecule has 2 aliphatic rings. The Bertz CT molecular complexity index is 951. The van der Waals surface area contributed by atoms with Crippen molar-refractivity contribution in [1.82, 2.24) is 0 Å². The minimum absolute atomic E-state index is 0.110. The highest BCUT2D eigenvalue weighted by Crippen LogP contribution is 2.52. The minimum atomic E-state index is -0.647. The fraction of sp³-hybridized carbons (Fsp3) is 0.391. The van der Waals surface area contributed by atoms with Crippen LogP contribution >= 0.6 is 0 Å². The van der Waals surface area contributed by atoms with E-state index in [1.54, 1.807) is 18.2 Å². The fourth-order valence-electron chi connectivity index (χ4n) is 4.50. The first-order valence-corrected chi connectivity index (χ1v) is 9.99. The summed E-state index contributed by atoms with van der Waals surface area (Å²) in [6, 6.07) is 6.98. The zero-order valence-electron chi connectivity index (χ0n) is 16.7. The first-order valence-electron chi connectivity index (χ1n) is 9.99. The summed E-state index contributed by atoms with van der Waals surface area (Å²) in [5.74, 6) is -0.875. The molecule has 0 bridgehead atoms. The monoisotopic (exact) mass is 414 g/mol. The summed E-state index contributed by atoms with van der Waals surface area (Å²) in [7, 11) is 1.39. The van der Waals surface area contributed by atoms with Gasteiger partial charge in [0, 0.05) is 29.0 Å². The van der Waals surface area contributed by atoms with Gasteiger partial charge in [0.25, 0.3) is 0 Å². The molecular weight excluding hydrogens is 388 g/mol. The maximum absolute atomic E-state index is 10.8. The molecule has 0 amide bonds. The van der Waals surface area contributed by atoms with Crippen molar-refractivity contribution in [3.05, 3.63) is 52.6 Å². The van der Waals surface area contributed by atoms with Gasteiger partial charge >= 0.3 is 0 Å². The molecule has 2 aromatic rings. The van der Waals surface area contributed by atoms with Gasteiger partial charge in [-0.3, -0.25) is 0 Å². The van der Waals surface area contributed by atoms with Gasteiger partial charge in [0.15, 0.2) is 11.5 Å². The standard InChI is InChI=1S/C23H26O7/c1-29-23-16-9-8-15-18(26)10-14(7-4-12-2-5-13(25)6-3-12)30-22(15)19(16)17(11-24)20(27)21(23)28/h2-3,5-6,8-9,14-15,18,22,24-28H,4,7,10-11H2,1H3/t14-,15-,18+,22-/m0/s1. The van der Waals surface area contributed by atoms with Gasteiger partial charge in [0.2, 0.25) is 5.75 Å². The number of aliphatic hydroxyl groups is 2. The predicted octanol–water partition coefficient (Wildman–Crippen LogP) is 2.77. The van der Waals surface area contributed by atoms with E-state index >= 15 is 0 Å². The average Bonchev–Trinajstić information content (AvgIpc) is 2.74. The summed E-state index contributed by atoms with van der Waals surface area (Å²) in [5, 5.41) is 50.8. The van der Waals surface area contributed by atoms with Crippen molar-refractivity contribution in [2.24, 2.45) is 5.92 Å². The number of rotatable bonds is 5. The molecule has 5 N–H and O–H groups in total. The zero-order valence-corrected chi connectivity index (χ0v) is 16.7. The predicted molar refractivity (Wildman–Crippen MR) is 109 cm³/mol. The second-order valence-electron chi connectivity index (χ2n) is 7.82. The lowest BCUT2D eigenvalue weighted by Gasteiger charge is -2.42. The SMILES string of the molecule is COc1c(O)c(O)c(CO)c2c1C=C[C@H]1[C@H](O)C[C@H](CCc3ccc(O)cc3)O[C@H]21. The van der Waals surface area contributed by atoms with E-state index in [9.17, 15) is 25.5 Å². The van der Waals surface area contributed by atoms with Crippen LogP contribution < -0.4 is 4.74 Å². The van der Waals surface area contributed by atoms with E-state index in [0.29, 0.717) is 24.0 Å². The van der Waals surface area contributed by atoms with Crippen molar-refractivity contribution in [1.29, 1.82) is 0 Å². The van der Waals surface area contributed by atoms with Crippen LogP contribution in [0, 0.1) is 5.92 Å². The first kappa shape index (κ1) is 20.5. The lowest BCUT2D eigenvalue weighted by Crippen LogP contribution is -2.40. The summed E-state index contributed by atoms with van der Waals surface area (Å²) >= 11 is 0. The van der Waals surface area contributed by atoms with Gasteiger partial charge in [-0.1, -0.05) is 24.3 Å². The van der Waals surface area contributed by atoms with Crippen molar-refractivity contribution in [3.8, 4) is 23.0 Å². The normalized spacial score (nSPS) is 24.9. The number of aromatic hydroxyl groups is 3. The molecule has 1 fully saturated rings. The van der Waals surface area contributed by atoms with E-state index < -0.39 is 30.3 Å². The molecule has 4 rings (SSSR count). The number of aryl methyl sites for hydroxylation is 1. The molecule has 1 saturated heterocycles. The first-order chi connectivity index (χ1) is 14.4. The second-order valence-corrected chi connectivity index (χ2v) is 7.82. The van der Waals surface area contributed by atoms with Gasteiger partial charge in [-0.2, -0.15) is 0 Å². The molecule has 1 aliphatic heterocycles. The Kier molecular flexibility index (Phi) is 5.60. The summed E-state index contributed by atoms with van der Waals surface area (Å²) in [6.07, 6.45) is 3.95. The molecule has 2 aromatic carbocycles. The number of hydrogen-bond donors (Lipinski definition) is 5. The van der Waals surface area contributed by atoms with Gasteiger partial charge in [0.1, 0.15) is 5.75 Å². The molecule has 0 aromatic heterocycles. The van der Waals surface area contributed by atoms with Crippen LogP contribution in [0.15, 0.2) is 30.3 Å². The Morgan fingerprint density at radius 3 is 2.50 bits per heavy atom. The lowest BCUT2D eigenvalue weighted by molar-refractivity contribution is -0.127. The quantitative estimate of drug-likeness (QED) is 0.477. The molecular formula is C23H26O7. The number of fused-ring (bicyclic) bond motifs is 3. The highest BCUT2D eigenvalue weighted by Gasteiger charge is 2.42. The van der Waals surface area contributed by atoms with Crippen LogP contribution in [-0.4, -0.2) is 44.9 Å². The molecule has 4 atom stereocenters. The van der Waals surface area contributed by atoms with Crippen molar-refractivity contribution in [3.63, 3.8) is 0 Å². The highest BCUT2D eigenvalue weighted by atomic mass is 16.5. The summed E-state index contributed by atoms with van der Waals surface area (Å²) in [5.41, 5.74) is 2.29. The number of benzene rings is 2. The smallest absolute Gasteiger partial charge is 0.201 e. The van der Waals surface area contributed by atoms with Crippen LogP contribution in [0.25, 0.3) is 6.08 Å². The largest absolute Gasteiger partial charge is 0.508 e. The van der Waals surface area contributed by atoms with Gasteiger partial charge in [-0.15, -0.1) is 0 Å². The van der Waals surface area contributed by atoms with Crippen LogP contribution in [0.3, 0.4) is 0 Å². The van der Waals surface area contributed by atoms with E-state index in [1.807, 2.05) is 18.2 Å². The molecule has 0 saturated carbocycles. The van der Waals surface area contributed by atoms with E-state index in [2.05, 4.69) is 0 Å². The third kappa shape index (κ3) is 3.49. The third-order valence-electron chi connectivity index (χ3n) is 6.05. The Hall–Kier alpha value is -2.74. The Morgan fingerprint density at radius 1 is 1.10 bits per heavy atom. The molecule has 0 radical (unpaired) electrons. The maximum atomic E-state index is 10.8. The van der Waals surface area contributed by atoms with Crippen LogP contribution in [0.2, 0.25) is 0 Å². The van der Waals surface area contributed by atoms with E-state index in [1.165, 1.54) is 7.11 Å². The molecule has 30 heavy (non-hydrogen) atoms. The fourth-order valence-corrected chi connectivity index (χ4v) is 4.50. The number of hydrogen-bond acceptors (Lipinski definition) is 7. The van der Waals surface area contributed by atoms with E-state index in [-0.39, 0.29) is 29.1 Å². The average molecular weight is 414 g/mol. The summed E-state index contributed by atoms with van der Waals surface area (Å²) in [6.45, 7) is -0.486. The van der Waals surface area contributed by atoms with Crippen molar-refractivity contribution in [2.45, 2.75) is 44.2 Å². The van der Waals surface area contributed by atoms with Crippen molar-refractivity contribution >= 4 is 6.08 Å². The Balaban J connectivity index is 1.64. The molecule has 1 heterocycles. The topological polar surface area (TPSA) is 120 Å². The van der Waals surface area contributed by atoms with Crippen LogP contribution in [-0.2, 0) is 17.8 Å². The van der Waals surface area contributed by atoms with Gasteiger partial charge in [0.05, 0.1) is 32.0 Å². The molecule has 1 aliphatic carbocycles.